The summed E-state index contributed by atoms with van der Waals surface area (Å²) in [4.78, 5) is 14.3. The van der Waals surface area contributed by atoms with Crippen molar-refractivity contribution in [3.05, 3.63) is 24.3 Å². The number of nitrogens with two attached hydrogens (primary N) is 1. The van der Waals surface area contributed by atoms with E-state index in [-0.39, 0.29) is 37.3 Å². The van der Waals surface area contributed by atoms with Gasteiger partial charge in [0.25, 0.3) is 0 Å². The van der Waals surface area contributed by atoms with Crippen molar-refractivity contribution in [1.82, 2.24) is 0 Å². The Morgan fingerprint density at radius 2 is 2.04 bits per heavy atom. The highest BCUT2D eigenvalue weighted by Gasteiger charge is 2.17. The van der Waals surface area contributed by atoms with Gasteiger partial charge in [0.2, 0.25) is 5.91 Å². The Kier molecular flexibility index (Phi) is 10.2. The van der Waals surface area contributed by atoms with Gasteiger partial charge in [0.05, 0.1) is 6.61 Å². The van der Waals surface area contributed by atoms with E-state index in [1.165, 1.54) is 20.0 Å². The molecular weight excluding hydrogens is 337 g/mol. The summed E-state index contributed by atoms with van der Waals surface area (Å²) in [6, 6.07) is 7.29. The van der Waals surface area contributed by atoms with Crippen molar-refractivity contribution >= 4 is 42.1 Å². The van der Waals surface area contributed by atoms with Crippen LogP contribution in [0.2, 0.25) is 0 Å². The van der Waals surface area contributed by atoms with Gasteiger partial charge in [-0.1, -0.05) is 13.0 Å². The molecule has 1 heterocycles. The van der Waals surface area contributed by atoms with Gasteiger partial charge in [0, 0.05) is 31.6 Å². The van der Waals surface area contributed by atoms with Crippen molar-refractivity contribution in [1.29, 1.82) is 0 Å². The fourth-order valence-corrected chi connectivity index (χ4v) is 2.54. The maximum absolute atomic E-state index is 11.9. The highest BCUT2D eigenvalue weighted by Crippen LogP contribution is 2.25. The van der Waals surface area contributed by atoms with E-state index in [0.29, 0.717) is 0 Å². The topological polar surface area (TPSA) is 67.6 Å². The summed E-state index contributed by atoms with van der Waals surface area (Å²) in [7, 11) is 1.53. The summed E-state index contributed by atoms with van der Waals surface area (Å²) in [6.07, 6.45) is 2.44. The first-order valence-electron chi connectivity index (χ1n) is 7.50. The second kappa shape index (κ2) is 10.7. The Morgan fingerprint density at radius 1 is 1.39 bits per heavy atom. The molecule has 1 atom stereocenters. The lowest BCUT2D eigenvalue weighted by atomic mass is 9.99. The second-order valence-electron chi connectivity index (χ2n) is 5.77. The molecule has 0 radical (unpaired) electrons. The van der Waals surface area contributed by atoms with Crippen LogP contribution in [0.15, 0.2) is 24.3 Å². The number of carbonyl (C=O) groups excluding carboxylic acids is 1. The number of nitrogens with one attached hydrogen (secondary N) is 1. The number of methoxy groups -OCH3 is 1. The first-order chi connectivity index (χ1) is 10.1. The summed E-state index contributed by atoms with van der Waals surface area (Å²) in [5.41, 5.74) is 7.66. The first kappa shape index (κ1) is 22.0. The molecule has 0 bridgehead atoms. The fourth-order valence-electron chi connectivity index (χ4n) is 2.54. The average molecular weight is 364 g/mol. The van der Waals surface area contributed by atoms with Crippen LogP contribution in [0.4, 0.5) is 11.4 Å². The van der Waals surface area contributed by atoms with Crippen LogP contribution < -0.4 is 16.0 Å². The molecule has 1 aliphatic heterocycles. The molecule has 0 aromatic heterocycles. The number of benzene rings is 1. The van der Waals surface area contributed by atoms with Crippen molar-refractivity contribution < 1.29 is 9.53 Å². The monoisotopic (exact) mass is 363 g/mol. The van der Waals surface area contributed by atoms with Crippen molar-refractivity contribution in [2.75, 3.05) is 37.0 Å². The Balaban J connectivity index is 0.00000242. The van der Waals surface area contributed by atoms with E-state index in [9.17, 15) is 4.79 Å². The zero-order valence-electron chi connectivity index (χ0n) is 13.7. The molecule has 132 valence electrons. The summed E-state index contributed by atoms with van der Waals surface area (Å²) >= 11 is 0. The molecule has 1 aromatic rings. The molecule has 1 unspecified atom stereocenters. The SMILES string of the molecule is COCC(N)C(=O)Nc1cccc(N2CCC(C)CC2)c1.Cl.Cl. The maximum Gasteiger partial charge on any atom is 0.243 e. The van der Waals surface area contributed by atoms with Crippen LogP contribution in [-0.4, -0.2) is 38.8 Å². The molecule has 1 saturated heterocycles. The molecule has 7 heteroatoms. The molecule has 2 rings (SSSR count). The molecule has 1 amide bonds. The van der Waals surface area contributed by atoms with Crippen LogP contribution in [0, 0.1) is 5.92 Å². The van der Waals surface area contributed by atoms with Gasteiger partial charge in [-0.25, -0.2) is 0 Å². The van der Waals surface area contributed by atoms with Crippen molar-refractivity contribution in [3.8, 4) is 0 Å². The molecule has 23 heavy (non-hydrogen) atoms. The van der Waals surface area contributed by atoms with Crippen LogP contribution in [0.5, 0.6) is 0 Å². The van der Waals surface area contributed by atoms with E-state index in [2.05, 4.69) is 23.2 Å². The van der Waals surface area contributed by atoms with Crippen LogP contribution in [-0.2, 0) is 9.53 Å². The largest absolute Gasteiger partial charge is 0.383 e. The van der Waals surface area contributed by atoms with E-state index in [1.807, 2.05) is 18.2 Å². The van der Waals surface area contributed by atoms with E-state index in [1.54, 1.807) is 0 Å². The summed E-state index contributed by atoms with van der Waals surface area (Å²) in [5.74, 6) is 0.581. The second-order valence-corrected chi connectivity index (χ2v) is 5.77. The number of hydrogen-bond acceptors (Lipinski definition) is 4. The Morgan fingerprint density at radius 3 is 2.65 bits per heavy atom. The molecular formula is C16H27Cl2N3O2. The number of piperidine rings is 1. The molecule has 1 aromatic carbocycles. The third-order valence-electron chi connectivity index (χ3n) is 3.95. The summed E-state index contributed by atoms with van der Waals surface area (Å²) in [6.45, 7) is 4.66. The third kappa shape index (κ3) is 6.55. The first-order valence-corrected chi connectivity index (χ1v) is 7.50. The lowest BCUT2D eigenvalue weighted by Crippen LogP contribution is -2.39. The van der Waals surface area contributed by atoms with Crippen LogP contribution in [0.25, 0.3) is 0 Å². The van der Waals surface area contributed by atoms with E-state index in [0.717, 1.165) is 30.4 Å². The predicted octanol–water partition coefficient (Wildman–Crippen LogP) is 2.68. The van der Waals surface area contributed by atoms with E-state index < -0.39 is 6.04 Å². The van der Waals surface area contributed by atoms with Crippen LogP contribution in [0.3, 0.4) is 0 Å². The van der Waals surface area contributed by atoms with Gasteiger partial charge in [-0.2, -0.15) is 0 Å². The number of nitrogens with zero attached hydrogens (tertiary/aromatic N) is 1. The zero-order valence-corrected chi connectivity index (χ0v) is 15.3. The highest BCUT2D eigenvalue weighted by molar-refractivity contribution is 5.95. The van der Waals surface area contributed by atoms with Crippen molar-refractivity contribution in [2.24, 2.45) is 11.7 Å². The zero-order chi connectivity index (χ0) is 15.2. The highest BCUT2D eigenvalue weighted by atomic mass is 35.5. The van der Waals surface area contributed by atoms with Crippen molar-refractivity contribution in [3.63, 3.8) is 0 Å². The number of ether oxygens (including phenoxy) is 1. The van der Waals surface area contributed by atoms with Crippen molar-refractivity contribution in [2.45, 2.75) is 25.8 Å². The minimum Gasteiger partial charge on any atom is -0.383 e. The Labute approximate surface area is 150 Å². The summed E-state index contributed by atoms with van der Waals surface area (Å²) < 4.78 is 4.90. The average Bonchev–Trinajstić information content (AvgIpc) is 2.48. The Bertz CT molecular complexity index is 480. The molecule has 0 aliphatic carbocycles. The van der Waals surface area contributed by atoms with Crippen LogP contribution >= 0.6 is 24.8 Å². The summed E-state index contributed by atoms with van der Waals surface area (Å²) in [5, 5.41) is 2.84. The van der Waals surface area contributed by atoms with Gasteiger partial charge in [-0.15, -0.1) is 24.8 Å². The molecule has 0 saturated carbocycles. The predicted molar refractivity (Wildman–Crippen MR) is 100 cm³/mol. The van der Waals surface area contributed by atoms with Crippen LogP contribution in [0.1, 0.15) is 19.8 Å². The third-order valence-corrected chi connectivity index (χ3v) is 3.95. The smallest absolute Gasteiger partial charge is 0.243 e. The molecule has 0 spiro atoms. The fraction of sp³-hybridized carbons (Fsp3) is 0.562. The van der Waals surface area contributed by atoms with E-state index >= 15 is 0 Å². The number of rotatable bonds is 5. The lowest BCUT2D eigenvalue weighted by molar-refractivity contribution is -0.118. The van der Waals surface area contributed by atoms with Gasteiger partial charge >= 0.3 is 0 Å². The Hall–Kier alpha value is -1.01. The normalized spacial score (nSPS) is 16.0. The minimum atomic E-state index is -0.644. The number of anilines is 2. The standard InChI is InChI=1S/C16H25N3O2.2ClH/c1-12-6-8-19(9-7-12)14-5-3-4-13(10-14)18-16(20)15(17)11-21-2;;/h3-5,10,12,15H,6-9,11,17H2,1-2H3,(H,18,20);2*1H. The number of carbonyl (C=O) groups is 1. The maximum atomic E-state index is 11.9. The molecule has 1 aliphatic rings. The molecule has 1 fully saturated rings. The number of hydrogen-bond donors (Lipinski definition) is 2. The van der Waals surface area contributed by atoms with Gasteiger partial charge in [-0.3, -0.25) is 4.79 Å². The quantitative estimate of drug-likeness (QED) is 0.843. The van der Waals surface area contributed by atoms with Gasteiger partial charge in [0.15, 0.2) is 0 Å². The number of amides is 1. The van der Waals surface area contributed by atoms with Gasteiger partial charge in [0.1, 0.15) is 6.04 Å². The van der Waals surface area contributed by atoms with E-state index in [4.69, 9.17) is 10.5 Å². The van der Waals surface area contributed by atoms with Gasteiger partial charge in [-0.05, 0) is 37.0 Å². The number of halogens is 2. The minimum absolute atomic E-state index is 0. The lowest BCUT2D eigenvalue weighted by Gasteiger charge is -2.32. The van der Waals surface area contributed by atoms with Gasteiger partial charge < -0.3 is 20.7 Å². The molecule has 3 N–H and O–H groups in total. The molecule has 5 nitrogen and oxygen atoms in total.